The fourth-order valence-electron chi connectivity index (χ4n) is 1.17. The summed E-state index contributed by atoms with van der Waals surface area (Å²) in [7, 11) is 0. The SMILES string of the molecule is CCC(C)Nc1cc(F)c(Br)cc1C. The van der Waals surface area contributed by atoms with E-state index in [-0.39, 0.29) is 5.82 Å². The molecule has 78 valence electrons. The minimum Gasteiger partial charge on any atom is -0.382 e. The maximum atomic E-state index is 13.2. The van der Waals surface area contributed by atoms with Crippen LogP contribution in [0.25, 0.3) is 0 Å². The fraction of sp³-hybridized carbons (Fsp3) is 0.455. The Morgan fingerprint density at radius 3 is 2.71 bits per heavy atom. The molecule has 0 aromatic heterocycles. The quantitative estimate of drug-likeness (QED) is 0.862. The van der Waals surface area contributed by atoms with Crippen molar-refractivity contribution in [2.24, 2.45) is 0 Å². The van der Waals surface area contributed by atoms with Crippen molar-refractivity contribution in [3.8, 4) is 0 Å². The summed E-state index contributed by atoms with van der Waals surface area (Å²) in [6, 6.07) is 3.69. The molecule has 1 nitrogen and oxygen atoms in total. The van der Waals surface area contributed by atoms with Gasteiger partial charge >= 0.3 is 0 Å². The smallest absolute Gasteiger partial charge is 0.139 e. The average Bonchev–Trinajstić information content (AvgIpc) is 2.14. The first kappa shape index (κ1) is 11.5. The van der Waals surface area contributed by atoms with Crippen LogP contribution in [0.15, 0.2) is 16.6 Å². The Bertz CT molecular complexity index is 325. The number of nitrogens with one attached hydrogen (secondary N) is 1. The van der Waals surface area contributed by atoms with Gasteiger partial charge in [0.15, 0.2) is 0 Å². The lowest BCUT2D eigenvalue weighted by Crippen LogP contribution is -2.14. The monoisotopic (exact) mass is 259 g/mol. The van der Waals surface area contributed by atoms with Crippen molar-refractivity contribution < 1.29 is 4.39 Å². The highest BCUT2D eigenvalue weighted by atomic mass is 79.9. The van der Waals surface area contributed by atoms with Crippen LogP contribution < -0.4 is 5.32 Å². The first-order chi connectivity index (χ1) is 6.54. The predicted octanol–water partition coefficient (Wildman–Crippen LogP) is 4.11. The highest BCUT2D eigenvalue weighted by molar-refractivity contribution is 9.10. The largest absolute Gasteiger partial charge is 0.382 e. The minimum absolute atomic E-state index is 0.221. The second-order valence-corrected chi connectivity index (χ2v) is 4.39. The van der Waals surface area contributed by atoms with Gasteiger partial charge in [0.05, 0.1) is 4.47 Å². The number of hydrogen-bond acceptors (Lipinski definition) is 1. The molecule has 0 aliphatic carbocycles. The standard InChI is InChI=1S/C11H15BrFN/c1-4-8(3)14-11-6-10(13)9(12)5-7(11)2/h5-6,8,14H,4H2,1-3H3. The van der Waals surface area contributed by atoms with Gasteiger partial charge in [-0.1, -0.05) is 6.92 Å². The summed E-state index contributed by atoms with van der Waals surface area (Å²) >= 11 is 3.16. The van der Waals surface area contributed by atoms with E-state index in [2.05, 4.69) is 35.1 Å². The van der Waals surface area contributed by atoms with Crippen molar-refractivity contribution in [3.05, 3.63) is 28.0 Å². The number of anilines is 1. The van der Waals surface area contributed by atoms with Gasteiger partial charge in [0, 0.05) is 11.7 Å². The van der Waals surface area contributed by atoms with Crippen LogP contribution >= 0.6 is 15.9 Å². The lowest BCUT2D eigenvalue weighted by molar-refractivity contribution is 0.620. The van der Waals surface area contributed by atoms with Crippen LogP contribution in [0.1, 0.15) is 25.8 Å². The number of aryl methyl sites for hydroxylation is 1. The van der Waals surface area contributed by atoms with E-state index in [1.54, 1.807) is 6.07 Å². The van der Waals surface area contributed by atoms with E-state index in [0.29, 0.717) is 10.5 Å². The molecule has 1 N–H and O–H groups in total. The number of rotatable bonds is 3. The molecule has 3 heteroatoms. The maximum absolute atomic E-state index is 13.2. The predicted molar refractivity (Wildman–Crippen MR) is 62.2 cm³/mol. The second kappa shape index (κ2) is 4.78. The van der Waals surface area contributed by atoms with Crippen molar-refractivity contribution in [2.45, 2.75) is 33.2 Å². The van der Waals surface area contributed by atoms with Gasteiger partial charge in [-0.25, -0.2) is 4.39 Å². The minimum atomic E-state index is -0.221. The van der Waals surface area contributed by atoms with Crippen molar-refractivity contribution in [2.75, 3.05) is 5.32 Å². The molecule has 1 unspecified atom stereocenters. The highest BCUT2D eigenvalue weighted by Crippen LogP contribution is 2.24. The van der Waals surface area contributed by atoms with E-state index in [4.69, 9.17) is 0 Å². The summed E-state index contributed by atoms with van der Waals surface area (Å²) in [4.78, 5) is 0. The van der Waals surface area contributed by atoms with Gasteiger partial charge in [0.2, 0.25) is 0 Å². The van der Waals surface area contributed by atoms with E-state index in [9.17, 15) is 4.39 Å². The van der Waals surface area contributed by atoms with E-state index in [0.717, 1.165) is 17.7 Å². The molecule has 0 saturated heterocycles. The fourth-order valence-corrected chi connectivity index (χ4v) is 1.63. The average molecular weight is 260 g/mol. The van der Waals surface area contributed by atoms with Crippen LogP contribution in [0.5, 0.6) is 0 Å². The second-order valence-electron chi connectivity index (χ2n) is 3.53. The van der Waals surface area contributed by atoms with Gasteiger partial charge in [0.1, 0.15) is 5.82 Å². The molecule has 0 heterocycles. The highest BCUT2D eigenvalue weighted by Gasteiger charge is 2.06. The zero-order valence-corrected chi connectivity index (χ0v) is 10.3. The van der Waals surface area contributed by atoms with Crippen LogP contribution in [0.4, 0.5) is 10.1 Å². The normalized spacial score (nSPS) is 12.6. The molecule has 1 aromatic rings. The molecule has 0 aliphatic heterocycles. The third-order valence-electron chi connectivity index (χ3n) is 2.28. The van der Waals surface area contributed by atoms with Crippen molar-refractivity contribution in [1.29, 1.82) is 0 Å². The molecule has 0 bridgehead atoms. The first-order valence-corrected chi connectivity index (χ1v) is 5.56. The molecular weight excluding hydrogens is 245 g/mol. The molecule has 0 fully saturated rings. The number of benzene rings is 1. The van der Waals surface area contributed by atoms with E-state index < -0.39 is 0 Å². The van der Waals surface area contributed by atoms with Crippen LogP contribution in [0, 0.1) is 12.7 Å². The third-order valence-corrected chi connectivity index (χ3v) is 2.89. The Balaban J connectivity index is 2.92. The molecule has 0 amide bonds. The molecule has 1 aromatic carbocycles. The number of halogens is 2. The Labute approximate surface area is 92.8 Å². The summed E-state index contributed by atoms with van der Waals surface area (Å²) in [6.45, 7) is 6.15. The van der Waals surface area contributed by atoms with Gasteiger partial charge < -0.3 is 5.32 Å². The molecule has 0 radical (unpaired) electrons. The van der Waals surface area contributed by atoms with Gasteiger partial charge in [-0.15, -0.1) is 0 Å². The topological polar surface area (TPSA) is 12.0 Å². The molecule has 0 aliphatic rings. The van der Waals surface area contributed by atoms with Gasteiger partial charge in [-0.3, -0.25) is 0 Å². The van der Waals surface area contributed by atoms with Gasteiger partial charge in [-0.05, 0) is 53.9 Å². The van der Waals surface area contributed by atoms with E-state index >= 15 is 0 Å². The molecule has 1 rings (SSSR count). The Morgan fingerprint density at radius 1 is 1.50 bits per heavy atom. The summed E-state index contributed by atoms with van der Waals surface area (Å²) in [6.07, 6.45) is 1.02. The summed E-state index contributed by atoms with van der Waals surface area (Å²) < 4.78 is 13.7. The van der Waals surface area contributed by atoms with Crippen molar-refractivity contribution >= 4 is 21.6 Å². The van der Waals surface area contributed by atoms with Crippen molar-refractivity contribution in [1.82, 2.24) is 0 Å². The summed E-state index contributed by atoms with van der Waals surface area (Å²) in [5.41, 5.74) is 1.93. The Kier molecular flexibility index (Phi) is 3.93. The lowest BCUT2D eigenvalue weighted by Gasteiger charge is -2.15. The van der Waals surface area contributed by atoms with Gasteiger partial charge in [-0.2, -0.15) is 0 Å². The van der Waals surface area contributed by atoms with Crippen LogP contribution in [-0.2, 0) is 0 Å². The summed E-state index contributed by atoms with van der Waals surface area (Å²) in [5, 5.41) is 3.27. The third kappa shape index (κ3) is 2.71. The number of hydrogen-bond donors (Lipinski definition) is 1. The molecule has 1 atom stereocenters. The molecular formula is C11H15BrFN. The maximum Gasteiger partial charge on any atom is 0.139 e. The molecule has 14 heavy (non-hydrogen) atoms. The molecule has 0 saturated carbocycles. The molecule has 0 spiro atoms. The Hall–Kier alpha value is -0.570. The Morgan fingerprint density at radius 2 is 2.14 bits per heavy atom. The van der Waals surface area contributed by atoms with Crippen LogP contribution in [0.2, 0.25) is 0 Å². The zero-order valence-electron chi connectivity index (χ0n) is 8.70. The zero-order chi connectivity index (χ0) is 10.7. The van der Waals surface area contributed by atoms with Crippen LogP contribution in [0.3, 0.4) is 0 Å². The van der Waals surface area contributed by atoms with Gasteiger partial charge in [0.25, 0.3) is 0 Å². The summed E-state index contributed by atoms with van der Waals surface area (Å²) in [5.74, 6) is -0.221. The van der Waals surface area contributed by atoms with E-state index in [1.165, 1.54) is 6.07 Å². The first-order valence-electron chi connectivity index (χ1n) is 4.76. The lowest BCUT2D eigenvalue weighted by atomic mass is 10.1. The van der Waals surface area contributed by atoms with E-state index in [1.807, 2.05) is 6.92 Å². The van der Waals surface area contributed by atoms with Crippen LogP contribution in [-0.4, -0.2) is 6.04 Å². The van der Waals surface area contributed by atoms with Crippen molar-refractivity contribution in [3.63, 3.8) is 0 Å².